The predicted molar refractivity (Wildman–Crippen MR) is 79.5 cm³/mol. The van der Waals surface area contributed by atoms with E-state index in [1.807, 2.05) is 51.1 Å². The van der Waals surface area contributed by atoms with E-state index in [4.69, 9.17) is 4.74 Å². The number of carbonyl (C=O) groups is 1. The highest BCUT2D eigenvalue weighted by molar-refractivity contribution is 5.71. The highest BCUT2D eigenvalue weighted by Gasteiger charge is 2.31. The van der Waals surface area contributed by atoms with Crippen molar-refractivity contribution in [3.05, 3.63) is 41.6 Å². The summed E-state index contributed by atoms with van der Waals surface area (Å²) in [7, 11) is 0. The first-order valence-electron chi connectivity index (χ1n) is 7.03. The molecule has 0 unspecified atom stereocenters. The first-order valence-corrected chi connectivity index (χ1v) is 7.03. The Morgan fingerprint density at radius 2 is 1.95 bits per heavy atom. The van der Waals surface area contributed by atoms with Gasteiger partial charge in [0.05, 0.1) is 24.5 Å². The van der Waals surface area contributed by atoms with E-state index in [-0.39, 0.29) is 6.09 Å². The van der Waals surface area contributed by atoms with Crippen LogP contribution < -0.4 is 0 Å². The van der Waals surface area contributed by atoms with Crippen LogP contribution in [0.25, 0.3) is 11.3 Å². The van der Waals surface area contributed by atoms with Gasteiger partial charge >= 0.3 is 6.09 Å². The number of nitrogens with one attached hydrogen (secondary N) is 1. The molecule has 0 fully saturated rings. The Kier molecular flexibility index (Phi) is 3.20. The van der Waals surface area contributed by atoms with Crippen LogP contribution in [0.5, 0.6) is 0 Å². The van der Waals surface area contributed by atoms with Crippen molar-refractivity contribution in [2.24, 2.45) is 0 Å². The summed E-state index contributed by atoms with van der Waals surface area (Å²) in [4.78, 5) is 13.8. The highest BCUT2D eigenvalue weighted by atomic mass is 16.6. The quantitative estimate of drug-likeness (QED) is 0.874. The standard InChI is InChI=1S/C16H19N3O2/c1-16(2,3)21-15(20)19-9-12-13(10-19)17-18-14(12)11-7-5-4-6-8-11/h4-8H,9-10H2,1-3H3,(H,17,18). The summed E-state index contributed by atoms with van der Waals surface area (Å²) >= 11 is 0. The van der Waals surface area contributed by atoms with Crippen LogP contribution in [0.2, 0.25) is 0 Å². The summed E-state index contributed by atoms with van der Waals surface area (Å²) in [5.74, 6) is 0. The number of ether oxygens (including phenoxy) is 1. The van der Waals surface area contributed by atoms with Crippen molar-refractivity contribution in [2.45, 2.75) is 39.5 Å². The maximum Gasteiger partial charge on any atom is 0.410 e. The molecule has 0 radical (unpaired) electrons. The zero-order chi connectivity index (χ0) is 15.0. The molecule has 3 rings (SSSR count). The van der Waals surface area contributed by atoms with Crippen LogP contribution >= 0.6 is 0 Å². The van der Waals surface area contributed by atoms with Crippen molar-refractivity contribution in [2.75, 3.05) is 0 Å². The summed E-state index contributed by atoms with van der Waals surface area (Å²) < 4.78 is 5.42. The molecule has 0 atom stereocenters. The van der Waals surface area contributed by atoms with Crippen molar-refractivity contribution < 1.29 is 9.53 Å². The van der Waals surface area contributed by atoms with Crippen LogP contribution in [-0.2, 0) is 17.8 Å². The van der Waals surface area contributed by atoms with Gasteiger partial charge in [0.1, 0.15) is 5.60 Å². The molecule has 110 valence electrons. The molecule has 1 aromatic carbocycles. The molecule has 1 N–H and O–H groups in total. The fourth-order valence-corrected chi connectivity index (χ4v) is 2.43. The van der Waals surface area contributed by atoms with E-state index in [9.17, 15) is 4.79 Å². The minimum absolute atomic E-state index is 0.292. The zero-order valence-corrected chi connectivity index (χ0v) is 12.5. The molecule has 1 aliphatic heterocycles. The van der Waals surface area contributed by atoms with E-state index >= 15 is 0 Å². The number of fused-ring (bicyclic) bond motifs is 1. The van der Waals surface area contributed by atoms with E-state index in [0.29, 0.717) is 13.1 Å². The van der Waals surface area contributed by atoms with Gasteiger partial charge in [-0.2, -0.15) is 5.10 Å². The number of aromatic amines is 1. The number of amides is 1. The molecule has 1 aromatic heterocycles. The van der Waals surface area contributed by atoms with Gasteiger partial charge in [-0.05, 0) is 26.3 Å². The minimum atomic E-state index is -0.481. The van der Waals surface area contributed by atoms with Crippen molar-refractivity contribution in [3.63, 3.8) is 0 Å². The van der Waals surface area contributed by atoms with Crippen molar-refractivity contribution in [1.82, 2.24) is 15.1 Å². The number of rotatable bonds is 1. The molecule has 0 spiro atoms. The van der Waals surface area contributed by atoms with Crippen LogP contribution in [0.1, 0.15) is 32.0 Å². The smallest absolute Gasteiger partial charge is 0.410 e. The van der Waals surface area contributed by atoms with Crippen LogP contribution in [0.15, 0.2) is 30.3 Å². The van der Waals surface area contributed by atoms with Crippen molar-refractivity contribution in [1.29, 1.82) is 0 Å². The van der Waals surface area contributed by atoms with Gasteiger partial charge in [0.25, 0.3) is 0 Å². The second kappa shape index (κ2) is 4.91. The highest BCUT2D eigenvalue weighted by Crippen LogP contribution is 2.31. The molecular formula is C16H19N3O2. The first-order chi connectivity index (χ1) is 9.94. The molecule has 21 heavy (non-hydrogen) atoms. The molecule has 0 saturated carbocycles. The lowest BCUT2D eigenvalue weighted by Gasteiger charge is -2.24. The van der Waals surface area contributed by atoms with E-state index < -0.39 is 5.60 Å². The zero-order valence-electron chi connectivity index (χ0n) is 12.5. The Hall–Kier alpha value is -2.30. The van der Waals surface area contributed by atoms with Gasteiger partial charge in [0.15, 0.2) is 0 Å². The van der Waals surface area contributed by atoms with E-state index in [1.54, 1.807) is 4.90 Å². The first kappa shape index (κ1) is 13.7. The average molecular weight is 285 g/mol. The molecule has 2 aromatic rings. The molecule has 2 heterocycles. The SMILES string of the molecule is CC(C)(C)OC(=O)N1Cc2n[nH]c(-c3ccccc3)c2C1. The number of carbonyl (C=O) groups excluding carboxylic acids is 1. The van der Waals surface area contributed by atoms with Gasteiger partial charge in [-0.3, -0.25) is 10.00 Å². The van der Waals surface area contributed by atoms with Gasteiger partial charge < -0.3 is 4.74 Å². The largest absolute Gasteiger partial charge is 0.444 e. The molecule has 0 bridgehead atoms. The lowest BCUT2D eigenvalue weighted by molar-refractivity contribution is 0.0240. The van der Waals surface area contributed by atoms with Gasteiger partial charge in [-0.15, -0.1) is 0 Å². The van der Waals surface area contributed by atoms with Crippen molar-refractivity contribution in [3.8, 4) is 11.3 Å². The lowest BCUT2D eigenvalue weighted by atomic mass is 10.1. The molecule has 5 nitrogen and oxygen atoms in total. The van der Waals surface area contributed by atoms with Crippen LogP contribution in [-0.4, -0.2) is 26.8 Å². The van der Waals surface area contributed by atoms with Gasteiger partial charge in [0, 0.05) is 5.56 Å². The number of H-pyrrole nitrogens is 1. The molecular weight excluding hydrogens is 266 g/mol. The Morgan fingerprint density at radius 3 is 2.62 bits per heavy atom. The Balaban J connectivity index is 1.80. The molecule has 0 aliphatic carbocycles. The third-order valence-corrected chi connectivity index (χ3v) is 3.36. The van der Waals surface area contributed by atoms with Gasteiger partial charge in [-0.1, -0.05) is 30.3 Å². The Labute approximate surface area is 123 Å². The average Bonchev–Trinajstić information content (AvgIpc) is 2.97. The van der Waals surface area contributed by atoms with Crippen LogP contribution in [0, 0.1) is 0 Å². The summed E-state index contributed by atoms with van der Waals surface area (Å²) in [5, 5.41) is 7.40. The monoisotopic (exact) mass is 285 g/mol. The summed E-state index contributed by atoms with van der Waals surface area (Å²) in [5.41, 5.74) is 3.58. The minimum Gasteiger partial charge on any atom is -0.444 e. The van der Waals surface area contributed by atoms with E-state index in [0.717, 1.165) is 22.5 Å². The maximum absolute atomic E-state index is 12.1. The number of benzene rings is 1. The third-order valence-electron chi connectivity index (χ3n) is 3.36. The number of nitrogens with zero attached hydrogens (tertiary/aromatic N) is 2. The Bertz CT molecular complexity index is 656. The van der Waals surface area contributed by atoms with Crippen molar-refractivity contribution >= 4 is 6.09 Å². The van der Waals surface area contributed by atoms with Gasteiger partial charge in [0.2, 0.25) is 0 Å². The number of hydrogen-bond acceptors (Lipinski definition) is 3. The lowest BCUT2D eigenvalue weighted by Crippen LogP contribution is -2.33. The summed E-state index contributed by atoms with van der Waals surface area (Å²) in [6.07, 6.45) is -0.292. The second-order valence-electron chi connectivity index (χ2n) is 6.23. The van der Waals surface area contributed by atoms with Crippen LogP contribution in [0.4, 0.5) is 4.79 Å². The number of aromatic nitrogens is 2. The fraction of sp³-hybridized carbons (Fsp3) is 0.375. The summed E-state index contributed by atoms with van der Waals surface area (Å²) in [6.45, 7) is 6.64. The molecule has 1 amide bonds. The molecule has 0 saturated heterocycles. The summed E-state index contributed by atoms with van der Waals surface area (Å²) in [6, 6.07) is 10.0. The topological polar surface area (TPSA) is 58.2 Å². The normalized spacial score (nSPS) is 14.1. The fourth-order valence-electron chi connectivity index (χ4n) is 2.43. The van der Waals surface area contributed by atoms with E-state index in [2.05, 4.69) is 10.2 Å². The maximum atomic E-state index is 12.1. The van der Waals surface area contributed by atoms with E-state index in [1.165, 1.54) is 0 Å². The van der Waals surface area contributed by atoms with Crippen LogP contribution in [0.3, 0.4) is 0 Å². The number of hydrogen-bond donors (Lipinski definition) is 1. The Morgan fingerprint density at radius 1 is 1.24 bits per heavy atom. The molecule has 5 heteroatoms. The predicted octanol–water partition coefficient (Wildman–Crippen LogP) is 3.33. The molecule has 1 aliphatic rings. The van der Waals surface area contributed by atoms with Gasteiger partial charge in [-0.25, -0.2) is 4.79 Å². The third kappa shape index (κ3) is 2.77. The second-order valence-corrected chi connectivity index (χ2v) is 6.23.